The third-order valence-electron chi connectivity index (χ3n) is 2.77. The van der Waals surface area contributed by atoms with Crippen LogP contribution in [0.3, 0.4) is 0 Å². The fourth-order valence-corrected chi connectivity index (χ4v) is 2.67. The first-order valence-corrected chi connectivity index (χ1v) is 7.24. The molecule has 0 aliphatic carbocycles. The quantitative estimate of drug-likeness (QED) is 0.621. The van der Waals surface area contributed by atoms with Crippen LogP contribution in [0.25, 0.3) is 0 Å². The molecule has 1 saturated heterocycles. The molecule has 1 fully saturated rings. The summed E-state index contributed by atoms with van der Waals surface area (Å²) in [4.78, 5) is 11.7. The number of ether oxygens (including phenoxy) is 1. The number of thioether (sulfide) groups is 1. The fourth-order valence-electron chi connectivity index (χ4n) is 1.64. The number of halogens is 1. The topological polar surface area (TPSA) is 64.3 Å². The average molecular weight is 284 g/mol. The van der Waals surface area contributed by atoms with Gasteiger partial charge in [-0.1, -0.05) is 0 Å². The first-order valence-electron chi connectivity index (χ1n) is 6.19. The number of nitrogens with one attached hydrogen (secondary N) is 1. The summed E-state index contributed by atoms with van der Waals surface area (Å²) in [6.07, 6.45) is 1.16. The van der Waals surface area contributed by atoms with E-state index in [1.165, 1.54) is 18.2 Å². The highest BCUT2D eigenvalue weighted by Gasteiger charge is 2.18. The molecule has 4 nitrogen and oxygen atoms in total. The highest BCUT2D eigenvalue weighted by atomic mass is 32.2. The van der Waals surface area contributed by atoms with Gasteiger partial charge in [-0.05, 0) is 30.4 Å². The third kappa shape index (κ3) is 4.40. The number of hydrogen-bond donors (Lipinski definition) is 2. The van der Waals surface area contributed by atoms with E-state index in [4.69, 9.17) is 10.5 Å². The summed E-state index contributed by atoms with van der Waals surface area (Å²) < 4.78 is 18.5. The van der Waals surface area contributed by atoms with Crippen molar-refractivity contribution in [2.75, 3.05) is 30.0 Å². The molecule has 19 heavy (non-hydrogen) atoms. The molecule has 104 valence electrons. The maximum absolute atomic E-state index is 13.4. The number of nitrogens with two attached hydrogens (primary N) is 1. The minimum atomic E-state index is -0.469. The van der Waals surface area contributed by atoms with Crippen molar-refractivity contribution in [3.8, 4) is 0 Å². The Kier molecular flexibility index (Phi) is 5.04. The molecule has 0 aromatic heterocycles. The van der Waals surface area contributed by atoms with E-state index in [0.717, 1.165) is 25.4 Å². The molecule has 1 aromatic rings. The van der Waals surface area contributed by atoms with Gasteiger partial charge >= 0.3 is 0 Å². The molecule has 1 aliphatic rings. The number of anilines is 2. The minimum Gasteiger partial charge on any atom is -0.399 e. The SMILES string of the molecule is Nc1ccc(F)c(NC(=O)CCCSC2COC2)c1. The Hall–Kier alpha value is -1.27. The predicted octanol–water partition coefficient (Wildman–Crippen LogP) is 2.26. The minimum absolute atomic E-state index is 0.144. The summed E-state index contributed by atoms with van der Waals surface area (Å²) in [5.41, 5.74) is 6.12. The average Bonchev–Trinajstić information content (AvgIpc) is 2.31. The van der Waals surface area contributed by atoms with Crippen LogP contribution in [-0.4, -0.2) is 30.1 Å². The molecular formula is C13H17FN2O2S. The highest BCUT2D eigenvalue weighted by Crippen LogP contribution is 2.21. The smallest absolute Gasteiger partial charge is 0.224 e. The van der Waals surface area contributed by atoms with Crippen molar-refractivity contribution < 1.29 is 13.9 Å². The molecule has 2 rings (SSSR count). The summed E-state index contributed by atoms with van der Waals surface area (Å²) in [7, 11) is 0. The lowest BCUT2D eigenvalue weighted by atomic mass is 10.2. The lowest BCUT2D eigenvalue weighted by Crippen LogP contribution is -2.30. The molecule has 0 saturated carbocycles. The first kappa shape index (κ1) is 14.1. The first-order chi connectivity index (χ1) is 9.15. The van der Waals surface area contributed by atoms with Crippen LogP contribution >= 0.6 is 11.8 Å². The zero-order valence-electron chi connectivity index (χ0n) is 10.5. The van der Waals surface area contributed by atoms with Gasteiger partial charge in [0.2, 0.25) is 5.91 Å². The van der Waals surface area contributed by atoms with Crippen LogP contribution in [0.2, 0.25) is 0 Å². The summed E-state index contributed by atoms with van der Waals surface area (Å²) in [5.74, 6) is 0.263. The standard InChI is InChI=1S/C13H17FN2O2S/c14-11-4-3-9(15)6-12(11)16-13(17)2-1-5-19-10-7-18-8-10/h3-4,6,10H,1-2,5,7-8,15H2,(H,16,17). The predicted molar refractivity (Wildman–Crippen MR) is 75.7 cm³/mol. The van der Waals surface area contributed by atoms with Gasteiger partial charge in [-0.15, -0.1) is 0 Å². The summed E-state index contributed by atoms with van der Waals surface area (Å²) in [6.45, 7) is 1.62. The molecule has 1 aliphatic heterocycles. The van der Waals surface area contributed by atoms with Crippen molar-refractivity contribution in [1.82, 2.24) is 0 Å². The molecule has 0 radical (unpaired) electrons. The Morgan fingerprint density at radius 2 is 2.32 bits per heavy atom. The molecule has 1 amide bonds. The second-order valence-corrected chi connectivity index (χ2v) is 5.83. The molecule has 0 atom stereocenters. The number of amides is 1. The van der Waals surface area contributed by atoms with Gasteiger partial charge in [-0.3, -0.25) is 4.79 Å². The zero-order valence-corrected chi connectivity index (χ0v) is 11.3. The summed E-state index contributed by atoms with van der Waals surface area (Å²) in [6, 6.07) is 4.13. The van der Waals surface area contributed by atoms with E-state index in [-0.39, 0.29) is 11.6 Å². The number of hydrogen-bond acceptors (Lipinski definition) is 4. The Balaban J connectivity index is 1.69. The normalized spacial score (nSPS) is 15.0. The van der Waals surface area contributed by atoms with E-state index in [9.17, 15) is 9.18 Å². The van der Waals surface area contributed by atoms with Crippen molar-refractivity contribution in [3.63, 3.8) is 0 Å². The number of carbonyl (C=O) groups is 1. The van der Waals surface area contributed by atoms with Crippen molar-refractivity contribution in [1.29, 1.82) is 0 Å². The van der Waals surface area contributed by atoms with E-state index in [2.05, 4.69) is 5.32 Å². The van der Waals surface area contributed by atoms with E-state index in [0.29, 0.717) is 17.4 Å². The maximum Gasteiger partial charge on any atom is 0.224 e. The van der Waals surface area contributed by atoms with Crippen molar-refractivity contribution in [2.24, 2.45) is 0 Å². The van der Waals surface area contributed by atoms with E-state index in [1.807, 2.05) is 11.8 Å². The van der Waals surface area contributed by atoms with Gasteiger partial charge in [0.15, 0.2) is 0 Å². The number of rotatable bonds is 6. The molecule has 1 heterocycles. The van der Waals surface area contributed by atoms with E-state index in [1.54, 1.807) is 0 Å². The Labute approximate surface area is 115 Å². The van der Waals surface area contributed by atoms with Gasteiger partial charge < -0.3 is 15.8 Å². The number of carbonyl (C=O) groups excluding carboxylic acids is 1. The van der Waals surface area contributed by atoms with E-state index < -0.39 is 5.82 Å². The van der Waals surface area contributed by atoms with Crippen LogP contribution in [-0.2, 0) is 9.53 Å². The van der Waals surface area contributed by atoms with Gasteiger partial charge in [0, 0.05) is 12.1 Å². The molecule has 0 bridgehead atoms. The second kappa shape index (κ2) is 6.77. The fraction of sp³-hybridized carbons (Fsp3) is 0.462. The Morgan fingerprint density at radius 3 is 3.00 bits per heavy atom. The Morgan fingerprint density at radius 1 is 1.53 bits per heavy atom. The lowest BCUT2D eigenvalue weighted by molar-refractivity contribution is -0.116. The highest BCUT2D eigenvalue weighted by molar-refractivity contribution is 8.00. The molecule has 0 spiro atoms. The molecule has 1 aromatic carbocycles. The van der Waals surface area contributed by atoms with Crippen LogP contribution in [0.4, 0.5) is 15.8 Å². The van der Waals surface area contributed by atoms with E-state index >= 15 is 0 Å². The van der Waals surface area contributed by atoms with Crippen LogP contribution in [0, 0.1) is 5.82 Å². The maximum atomic E-state index is 13.4. The van der Waals surface area contributed by atoms with Crippen LogP contribution in [0.1, 0.15) is 12.8 Å². The van der Waals surface area contributed by atoms with Crippen molar-refractivity contribution >= 4 is 29.0 Å². The molecule has 6 heteroatoms. The molecule has 3 N–H and O–H groups in total. The second-order valence-electron chi connectivity index (χ2n) is 4.42. The van der Waals surface area contributed by atoms with Gasteiger partial charge in [0.05, 0.1) is 24.2 Å². The van der Waals surface area contributed by atoms with Gasteiger partial charge in [0.1, 0.15) is 5.82 Å². The van der Waals surface area contributed by atoms with Gasteiger partial charge in [-0.25, -0.2) is 4.39 Å². The van der Waals surface area contributed by atoms with Crippen molar-refractivity contribution in [2.45, 2.75) is 18.1 Å². The third-order valence-corrected chi connectivity index (χ3v) is 4.04. The van der Waals surface area contributed by atoms with Crippen LogP contribution in [0.5, 0.6) is 0 Å². The van der Waals surface area contributed by atoms with Gasteiger partial charge in [0.25, 0.3) is 0 Å². The summed E-state index contributed by atoms with van der Waals surface area (Å²) in [5, 5.41) is 3.12. The molecular weight excluding hydrogens is 267 g/mol. The van der Waals surface area contributed by atoms with Gasteiger partial charge in [-0.2, -0.15) is 11.8 Å². The monoisotopic (exact) mass is 284 g/mol. The van der Waals surface area contributed by atoms with Crippen LogP contribution < -0.4 is 11.1 Å². The van der Waals surface area contributed by atoms with Crippen molar-refractivity contribution in [3.05, 3.63) is 24.0 Å². The zero-order chi connectivity index (χ0) is 13.7. The Bertz CT molecular complexity index is 452. The number of nitrogen functional groups attached to an aromatic ring is 1. The van der Waals surface area contributed by atoms with Crippen LogP contribution in [0.15, 0.2) is 18.2 Å². The largest absolute Gasteiger partial charge is 0.399 e. The summed E-state index contributed by atoms with van der Waals surface area (Å²) >= 11 is 1.82. The molecule has 0 unspecified atom stereocenters. The lowest BCUT2D eigenvalue weighted by Gasteiger charge is -2.25. The number of benzene rings is 1.